The van der Waals surface area contributed by atoms with E-state index >= 15 is 0 Å². The molecular weight excluding hydrogens is 356 g/mol. The summed E-state index contributed by atoms with van der Waals surface area (Å²) in [6.45, 7) is 0. The van der Waals surface area contributed by atoms with Gasteiger partial charge in [-0.3, -0.25) is 4.79 Å². The highest BCUT2D eigenvalue weighted by atomic mass is 32.2. The minimum Gasteiger partial charge on any atom is -0.493 e. The fraction of sp³-hybridized carbons (Fsp3) is 0.500. The third kappa shape index (κ3) is 2.97. The first-order valence-electron chi connectivity index (χ1n) is 8.72. The standard InChI is InChI=1S/C18H22N2O5S/c1-24-15-5-3-4-11-8-16(25-17(11)15)18(21)19-12-9-13-6-7-14(10-12)20(13)26(2,22)23/h3-5,8,12-14H,6-7,9-10H2,1-2H3,(H,19,21). The number of hydrogen-bond donors (Lipinski definition) is 1. The zero-order valence-electron chi connectivity index (χ0n) is 14.8. The second kappa shape index (κ2) is 6.28. The first-order chi connectivity index (χ1) is 12.4. The predicted molar refractivity (Wildman–Crippen MR) is 96.7 cm³/mol. The molecule has 26 heavy (non-hydrogen) atoms. The average molecular weight is 378 g/mol. The number of nitrogens with zero attached hydrogens (tertiary/aromatic N) is 1. The minimum absolute atomic E-state index is 0.0233. The lowest BCUT2D eigenvalue weighted by atomic mass is 9.99. The first kappa shape index (κ1) is 17.4. The summed E-state index contributed by atoms with van der Waals surface area (Å²) in [5.41, 5.74) is 0.548. The van der Waals surface area contributed by atoms with Crippen LogP contribution in [0.5, 0.6) is 5.75 Å². The number of rotatable bonds is 4. The molecule has 140 valence electrons. The summed E-state index contributed by atoms with van der Waals surface area (Å²) < 4.78 is 36.5. The van der Waals surface area contributed by atoms with Gasteiger partial charge in [0, 0.05) is 23.5 Å². The van der Waals surface area contributed by atoms with Crippen LogP contribution in [0, 0.1) is 0 Å². The average Bonchev–Trinajstić information content (AvgIpc) is 3.14. The van der Waals surface area contributed by atoms with E-state index in [2.05, 4.69) is 5.32 Å². The second-order valence-electron chi connectivity index (χ2n) is 7.11. The Morgan fingerprint density at radius 2 is 1.96 bits per heavy atom. The van der Waals surface area contributed by atoms with Crippen molar-refractivity contribution in [1.82, 2.24) is 9.62 Å². The summed E-state index contributed by atoms with van der Waals surface area (Å²) in [7, 11) is -1.64. The Morgan fingerprint density at radius 3 is 2.58 bits per heavy atom. The Kier molecular flexibility index (Phi) is 4.19. The molecule has 1 aromatic heterocycles. The van der Waals surface area contributed by atoms with E-state index in [0.29, 0.717) is 24.2 Å². The molecule has 2 fully saturated rings. The van der Waals surface area contributed by atoms with Gasteiger partial charge in [0.05, 0.1) is 13.4 Å². The maximum atomic E-state index is 12.6. The molecule has 2 atom stereocenters. The number of benzene rings is 1. The van der Waals surface area contributed by atoms with Gasteiger partial charge in [-0.15, -0.1) is 0 Å². The zero-order chi connectivity index (χ0) is 18.5. The number of amides is 1. The van der Waals surface area contributed by atoms with Crippen molar-refractivity contribution in [1.29, 1.82) is 0 Å². The number of nitrogens with one attached hydrogen (secondary N) is 1. The first-order valence-corrected chi connectivity index (χ1v) is 10.6. The molecule has 2 aliphatic rings. The Balaban J connectivity index is 1.50. The van der Waals surface area contributed by atoms with Crippen LogP contribution in [-0.2, 0) is 10.0 Å². The van der Waals surface area contributed by atoms with Gasteiger partial charge in [-0.25, -0.2) is 8.42 Å². The molecule has 1 amide bonds. The van der Waals surface area contributed by atoms with Crippen molar-refractivity contribution in [3.63, 3.8) is 0 Å². The van der Waals surface area contributed by atoms with E-state index in [4.69, 9.17) is 9.15 Å². The molecule has 0 saturated carbocycles. The molecule has 1 aromatic carbocycles. The summed E-state index contributed by atoms with van der Waals surface area (Å²) in [5.74, 6) is 0.545. The predicted octanol–water partition coefficient (Wildman–Crippen LogP) is 2.13. The number of carbonyl (C=O) groups excluding carboxylic acids is 1. The Labute approximate surface area is 152 Å². The van der Waals surface area contributed by atoms with E-state index in [1.807, 2.05) is 12.1 Å². The van der Waals surface area contributed by atoms with Crippen LogP contribution in [0.4, 0.5) is 0 Å². The molecule has 2 unspecified atom stereocenters. The van der Waals surface area contributed by atoms with Crippen molar-refractivity contribution < 1.29 is 22.4 Å². The monoisotopic (exact) mass is 378 g/mol. The Bertz CT molecular complexity index is 938. The number of hydrogen-bond acceptors (Lipinski definition) is 5. The summed E-state index contributed by atoms with van der Waals surface area (Å²) in [5, 5.41) is 3.82. The topological polar surface area (TPSA) is 88.9 Å². The fourth-order valence-electron chi connectivity index (χ4n) is 4.36. The van der Waals surface area contributed by atoms with Gasteiger partial charge in [-0.05, 0) is 37.8 Å². The Morgan fingerprint density at radius 1 is 1.27 bits per heavy atom. The maximum absolute atomic E-state index is 12.6. The van der Waals surface area contributed by atoms with Crippen molar-refractivity contribution in [3.8, 4) is 5.75 Å². The lowest BCUT2D eigenvalue weighted by Gasteiger charge is -2.37. The third-order valence-electron chi connectivity index (χ3n) is 5.34. The highest BCUT2D eigenvalue weighted by Crippen LogP contribution is 2.37. The number of furan rings is 1. The van der Waals surface area contributed by atoms with Crippen LogP contribution in [0.2, 0.25) is 0 Å². The number of para-hydroxylation sites is 1. The Hall–Kier alpha value is -2.06. The van der Waals surface area contributed by atoms with Crippen molar-refractivity contribution in [3.05, 3.63) is 30.0 Å². The number of ether oxygens (including phenoxy) is 1. The molecule has 2 saturated heterocycles. The summed E-state index contributed by atoms with van der Waals surface area (Å²) in [6, 6.07) is 7.10. The molecule has 2 bridgehead atoms. The second-order valence-corrected chi connectivity index (χ2v) is 9.00. The molecule has 0 radical (unpaired) electrons. The van der Waals surface area contributed by atoms with Crippen molar-refractivity contribution in [2.45, 2.75) is 43.8 Å². The number of fused-ring (bicyclic) bond motifs is 3. The normalized spacial score (nSPS) is 26.2. The van der Waals surface area contributed by atoms with Crippen molar-refractivity contribution in [2.24, 2.45) is 0 Å². The lowest BCUT2D eigenvalue weighted by molar-refractivity contribution is 0.0883. The molecule has 3 heterocycles. The van der Waals surface area contributed by atoms with Crippen LogP contribution >= 0.6 is 0 Å². The van der Waals surface area contributed by atoms with Gasteiger partial charge in [0.2, 0.25) is 10.0 Å². The van der Waals surface area contributed by atoms with Crippen molar-refractivity contribution >= 4 is 26.9 Å². The minimum atomic E-state index is -3.20. The zero-order valence-corrected chi connectivity index (χ0v) is 15.6. The third-order valence-corrected chi connectivity index (χ3v) is 6.70. The molecule has 1 N–H and O–H groups in total. The van der Waals surface area contributed by atoms with E-state index in [9.17, 15) is 13.2 Å². The molecule has 0 aliphatic carbocycles. The van der Waals surface area contributed by atoms with Gasteiger partial charge in [0.15, 0.2) is 17.1 Å². The molecule has 4 rings (SSSR count). The van der Waals surface area contributed by atoms with Gasteiger partial charge in [0.1, 0.15) is 0 Å². The van der Waals surface area contributed by atoms with Gasteiger partial charge in [-0.2, -0.15) is 4.31 Å². The molecule has 0 spiro atoms. The van der Waals surface area contributed by atoms with E-state index in [0.717, 1.165) is 18.2 Å². The van der Waals surface area contributed by atoms with Gasteiger partial charge >= 0.3 is 0 Å². The van der Waals surface area contributed by atoms with Crippen LogP contribution in [-0.4, -0.2) is 50.1 Å². The van der Waals surface area contributed by atoms with E-state index in [-0.39, 0.29) is 29.8 Å². The number of methoxy groups -OCH3 is 1. The molecule has 2 aromatic rings. The number of carbonyl (C=O) groups is 1. The van der Waals surface area contributed by atoms with Crippen molar-refractivity contribution in [2.75, 3.05) is 13.4 Å². The van der Waals surface area contributed by atoms with Gasteiger partial charge in [0.25, 0.3) is 5.91 Å². The smallest absolute Gasteiger partial charge is 0.287 e. The summed E-state index contributed by atoms with van der Waals surface area (Å²) in [4.78, 5) is 12.6. The summed E-state index contributed by atoms with van der Waals surface area (Å²) in [6.07, 6.45) is 4.24. The largest absolute Gasteiger partial charge is 0.493 e. The van der Waals surface area contributed by atoms with Crippen LogP contribution < -0.4 is 10.1 Å². The van der Waals surface area contributed by atoms with Gasteiger partial charge in [-0.1, -0.05) is 12.1 Å². The van der Waals surface area contributed by atoms with E-state index < -0.39 is 10.0 Å². The highest BCUT2D eigenvalue weighted by Gasteiger charge is 2.45. The fourth-order valence-corrected chi connectivity index (χ4v) is 5.82. The van der Waals surface area contributed by atoms with E-state index in [1.165, 1.54) is 6.26 Å². The number of piperidine rings is 1. The molecule has 7 nitrogen and oxygen atoms in total. The number of sulfonamides is 1. The SMILES string of the molecule is COc1cccc2cc(C(=O)NC3CC4CCC(C3)N4S(C)(=O)=O)oc12. The van der Waals surface area contributed by atoms with Crippen LogP contribution in [0.1, 0.15) is 36.2 Å². The highest BCUT2D eigenvalue weighted by molar-refractivity contribution is 7.88. The van der Waals surface area contributed by atoms with E-state index in [1.54, 1.807) is 23.5 Å². The van der Waals surface area contributed by atoms with Gasteiger partial charge < -0.3 is 14.5 Å². The maximum Gasteiger partial charge on any atom is 0.287 e. The molecule has 8 heteroatoms. The van der Waals surface area contributed by atoms with Crippen LogP contribution in [0.3, 0.4) is 0 Å². The van der Waals surface area contributed by atoms with Crippen LogP contribution in [0.25, 0.3) is 11.0 Å². The lowest BCUT2D eigenvalue weighted by Crippen LogP contribution is -2.52. The quantitative estimate of drug-likeness (QED) is 0.880. The summed E-state index contributed by atoms with van der Waals surface area (Å²) >= 11 is 0. The molecule has 2 aliphatic heterocycles. The molecular formula is C18H22N2O5S. The van der Waals surface area contributed by atoms with Crippen LogP contribution in [0.15, 0.2) is 28.7 Å².